The van der Waals surface area contributed by atoms with E-state index in [-0.39, 0.29) is 12.6 Å². The third kappa shape index (κ3) is 2.34. The molecule has 2 atom stereocenters. The quantitative estimate of drug-likeness (QED) is 0.855. The van der Waals surface area contributed by atoms with E-state index in [2.05, 4.69) is 0 Å². The van der Waals surface area contributed by atoms with E-state index in [0.717, 1.165) is 31.2 Å². The molecule has 108 valence electrons. The standard InChI is InChI=1S/C16H20O4/c17-14-13(11-19-10-12-6-2-1-3-7-12)20-15(18)16(14)8-4-5-9-16/h1-3,6-7,13-14,17H,4-5,8-11H2. The van der Waals surface area contributed by atoms with E-state index in [4.69, 9.17) is 9.47 Å². The molecule has 2 unspecified atom stereocenters. The van der Waals surface area contributed by atoms with Crippen LogP contribution in [0.15, 0.2) is 30.3 Å². The van der Waals surface area contributed by atoms with Crippen LogP contribution in [0.25, 0.3) is 0 Å². The summed E-state index contributed by atoms with van der Waals surface area (Å²) < 4.78 is 10.9. The Balaban J connectivity index is 1.55. The van der Waals surface area contributed by atoms with E-state index in [1.165, 1.54) is 0 Å². The van der Waals surface area contributed by atoms with Gasteiger partial charge in [0.25, 0.3) is 0 Å². The number of esters is 1. The zero-order valence-electron chi connectivity index (χ0n) is 11.5. The number of cyclic esters (lactones) is 1. The maximum Gasteiger partial charge on any atom is 0.315 e. The summed E-state index contributed by atoms with van der Waals surface area (Å²) in [4.78, 5) is 12.0. The maximum absolute atomic E-state index is 12.0. The van der Waals surface area contributed by atoms with Crippen molar-refractivity contribution in [1.29, 1.82) is 0 Å². The van der Waals surface area contributed by atoms with Gasteiger partial charge in [0.2, 0.25) is 0 Å². The van der Waals surface area contributed by atoms with Crippen LogP contribution in [0.1, 0.15) is 31.2 Å². The van der Waals surface area contributed by atoms with Gasteiger partial charge in [-0.25, -0.2) is 0 Å². The van der Waals surface area contributed by atoms with Crippen LogP contribution >= 0.6 is 0 Å². The fourth-order valence-corrected chi connectivity index (χ4v) is 3.29. The number of rotatable bonds is 4. The van der Waals surface area contributed by atoms with Crippen molar-refractivity contribution >= 4 is 5.97 Å². The smallest absolute Gasteiger partial charge is 0.315 e. The van der Waals surface area contributed by atoms with Crippen molar-refractivity contribution in [2.75, 3.05) is 6.61 Å². The Bertz CT molecular complexity index is 465. The fraction of sp³-hybridized carbons (Fsp3) is 0.562. The molecule has 1 saturated carbocycles. The molecule has 4 nitrogen and oxygen atoms in total. The van der Waals surface area contributed by atoms with Crippen molar-refractivity contribution in [1.82, 2.24) is 0 Å². The number of hydrogen-bond donors (Lipinski definition) is 1. The first kappa shape index (κ1) is 13.6. The molecule has 1 N–H and O–H groups in total. The van der Waals surface area contributed by atoms with Crippen LogP contribution in [0.2, 0.25) is 0 Å². The number of aliphatic hydroxyl groups excluding tert-OH is 1. The van der Waals surface area contributed by atoms with Gasteiger partial charge in [-0.2, -0.15) is 0 Å². The molecule has 0 bridgehead atoms. The number of hydrogen-bond acceptors (Lipinski definition) is 4. The summed E-state index contributed by atoms with van der Waals surface area (Å²) in [6.07, 6.45) is 2.20. The van der Waals surface area contributed by atoms with Gasteiger partial charge in [0, 0.05) is 0 Å². The summed E-state index contributed by atoms with van der Waals surface area (Å²) in [5.74, 6) is -0.240. The number of carbonyl (C=O) groups is 1. The van der Waals surface area contributed by atoms with Crippen LogP contribution in [0.5, 0.6) is 0 Å². The predicted molar refractivity (Wildman–Crippen MR) is 72.9 cm³/mol. The lowest BCUT2D eigenvalue weighted by molar-refractivity contribution is -0.150. The highest BCUT2D eigenvalue weighted by Gasteiger charge is 2.57. The van der Waals surface area contributed by atoms with Crippen molar-refractivity contribution in [2.45, 2.75) is 44.5 Å². The molecule has 2 aliphatic rings. The summed E-state index contributed by atoms with van der Waals surface area (Å²) >= 11 is 0. The SMILES string of the molecule is O=C1OC(COCc2ccccc2)C(O)C12CCCC2. The highest BCUT2D eigenvalue weighted by molar-refractivity contribution is 5.80. The molecule has 2 fully saturated rings. The second-order valence-electron chi connectivity index (χ2n) is 5.75. The molecule has 0 amide bonds. The van der Waals surface area contributed by atoms with Crippen molar-refractivity contribution in [3.05, 3.63) is 35.9 Å². The van der Waals surface area contributed by atoms with E-state index >= 15 is 0 Å². The van der Waals surface area contributed by atoms with Crippen LogP contribution in [0, 0.1) is 5.41 Å². The van der Waals surface area contributed by atoms with Gasteiger partial charge in [-0.3, -0.25) is 4.79 Å². The van der Waals surface area contributed by atoms with Gasteiger partial charge >= 0.3 is 5.97 Å². The summed E-state index contributed by atoms with van der Waals surface area (Å²) in [5, 5.41) is 10.4. The molecular formula is C16H20O4. The molecule has 1 aromatic carbocycles. The lowest BCUT2D eigenvalue weighted by Crippen LogP contribution is -2.38. The molecule has 1 saturated heterocycles. The Hall–Kier alpha value is -1.39. The van der Waals surface area contributed by atoms with E-state index < -0.39 is 17.6 Å². The topological polar surface area (TPSA) is 55.8 Å². The highest BCUT2D eigenvalue weighted by Crippen LogP contribution is 2.47. The van der Waals surface area contributed by atoms with Gasteiger partial charge < -0.3 is 14.6 Å². The number of benzene rings is 1. The highest BCUT2D eigenvalue weighted by atomic mass is 16.6. The minimum absolute atomic E-state index is 0.240. The van der Waals surface area contributed by atoms with E-state index in [0.29, 0.717) is 6.61 Å². The largest absolute Gasteiger partial charge is 0.457 e. The molecule has 3 rings (SSSR count). The Morgan fingerprint density at radius 2 is 1.95 bits per heavy atom. The molecule has 4 heteroatoms. The van der Waals surface area contributed by atoms with E-state index in [1.54, 1.807) is 0 Å². The average Bonchev–Trinajstić information content (AvgIpc) is 3.04. The van der Waals surface area contributed by atoms with Crippen LogP contribution in [0.3, 0.4) is 0 Å². The monoisotopic (exact) mass is 276 g/mol. The van der Waals surface area contributed by atoms with Gasteiger partial charge in [-0.15, -0.1) is 0 Å². The Kier molecular flexibility index (Phi) is 3.76. The zero-order chi connectivity index (χ0) is 14.0. The average molecular weight is 276 g/mol. The van der Waals surface area contributed by atoms with Gasteiger partial charge in [0.1, 0.15) is 6.10 Å². The molecule has 1 aliphatic heterocycles. The first-order valence-electron chi connectivity index (χ1n) is 7.23. The van der Waals surface area contributed by atoms with Gasteiger partial charge in [0.15, 0.2) is 6.10 Å². The van der Waals surface area contributed by atoms with Crippen LogP contribution < -0.4 is 0 Å². The maximum atomic E-state index is 12.0. The molecule has 0 aromatic heterocycles. The molecule has 1 aliphatic carbocycles. The molecule has 1 heterocycles. The predicted octanol–water partition coefficient (Wildman–Crippen LogP) is 2.05. The second-order valence-corrected chi connectivity index (χ2v) is 5.75. The Labute approximate surface area is 118 Å². The fourth-order valence-electron chi connectivity index (χ4n) is 3.29. The number of ether oxygens (including phenoxy) is 2. The summed E-state index contributed by atoms with van der Waals surface area (Å²) in [6, 6.07) is 9.83. The third-order valence-corrected chi connectivity index (χ3v) is 4.47. The summed E-state index contributed by atoms with van der Waals surface area (Å²) in [7, 11) is 0. The summed E-state index contributed by atoms with van der Waals surface area (Å²) in [6.45, 7) is 0.720. The van der Waals surface area contributed by atoms with E-state index in [1.807, 2.05) is 30.3 Å². The molecule has 20 heavy (non-hydrogen) atoms. The molecule has 0 radical (unpaired) electrons. The van der Waals surface area contributed by atoms with Crippen LogP contribution in [-0.4, -0.2) is 29.9 Å². The summed E-state index contributed by atoms with van der Waals surface area (Å²) in [5.41, 5.74) is 0.419. The first-order chi connectivity index (χ1) is 9.72. The van der Waals surface area contributed by atoms with Crippen molar-refractivity contribution in [2.24, 2.45) is 5.41 Å². The zero-order valence-corrected chi connectivity index (χ0v) is 11.5. The number of carbonyl (C=O) groups excluding carboxylic acids is 1. The second kappa shape index (κ2) is 5.54. The number of aliphatic hydroxyl groups is 1. The van der Waals surface area contributed by atoms with Gasteiger partial charge in [0.05, 0.1) is 18.6 Å². The third-order valence-electron chi connectivity index (χ3n) is 4.47. The van der Waals surface area contributed by atoms with Crippen molar-refractivity contribution in [3.8, 4) is 0 Å². The Morgan fingerprint density at radius 3 is 2.65 bits per heavy atom. The van der Waals surface area contributed by atoms with Crippen LogP contribution in [-0.2, 0) is 20.9 Å². The van der Waals surface area contributed by atoms with E-state index in [9.17, 15) is 9.90 Å². The van der Waals surface area contributed by atoms with Crippen molar-refractivity contribution < 1.29 is 19.4 Å². The minimum atomic E-state index is -0.728. The Morgan fingerprint density at radius 1 is 1.25 bits per heavy atom. The van der Waals surface area contributed by atoms with Crippen molar-refractivity contribution in [3.63, 3.8) is 0 Å². The lowest BCUT2D eigenvalue weighted by Gasteiger charge is -2.23. The molecule has 1 aromatic rings. The normalized spacial score (nSPS) is 27.9. The minimum Gasteiger partial charge on any atom is -0.457 e. The lowest BCUT2D eigenvalue weighted by atomic mass is 9.80. The first-order valence-corrected chi connectivity index (χ1v) is 7.23. The molecular weight excluding hydrogens is 256 g/mol. The van der Waals surface area contributed by atoms with Gasteiger partial charge in [-0.05, 0) is 18.4 Å². The van der Waals surface area contributed by atoms with Crippen LogP contribution in [0.4, 0.5) is 0 Å². The van der Waals surface area contributed by atoms with Gasteiger partial charge in [-0.1, -0.05) is 43.2 Å². The molecule has 1 spiro atoms.